The van der Waals surface area contributed by atoms with E-state index in [1.807, 2.05) is 26.8 Å². The summed E-state index contributed by atoms with van der Waals surface area (Å²) in [5.74, 6) is -0.285. The third-order valence-electron chi connectivity index (χ3n) is 2.80. The van der Waals surface area contributed by atoms with Crippen LogP contribution in [0.5, 0.6) is 0 Å². The molecule has 0 saturated carbocycles. The van der Waals surface area contributed by atoms with Crippen LogP contribution < -0.4 is 5.48 Å². The van der Waals surface area contributed by atoms with E-state index in [0.717, 1.165) is 19.3 Å². The topological polar surface area (TPSA) is 67.9 Å². The Morgan fingerprint density at radius 3 is 2.21 bits per heavy atom. The van der Waals surface area contributed by atoms with E-state index < -0.39 is 0 Å². The summed E-state index contributed by atoms with van der Waals surface area (Å²) in [5.41, 5.74) is 3.60. The van der Waals surface area contributed by atoms with Crippen molar-refractivity contribution in [2.24, 2.45) is 0 Å². The van der Waals surface area contributed by atoms with Crippen LogP contribution in [0.25, 0.3) is 0 Å². The van der Waals surface area contributed by atoms with Gasteiger partial charge in [0.25, 0.3) is 11.8 Å². The molecule has 0 atom stereocenters. The summed E-state index contributed by atoms with van der Waals surface area (Å²) in [4.78, 5) is 32.4. The molecule has 2 amide bonds. The molecule has 0 rings (SSSR count). The van der Waals surface area contributed by atoms with Gasteiger partial charge in [-0.25, -0.2) is 10.5 Å². The second-order valence-corrected chi connectivity index (χ2v) is 5.13. The number of allylic oxidation sites excluding steroid dienone is 1. The monoisotopic (exact) mass is 342 g/mol. The molecule has 0 radical (unpaired) electrons. The average molecular weight is 342 g/mol. The van der Waals surface area contributed by atoms with Crippen LogP contribution >= 0.6 is 0 Å². The number of carbonyl (C=O) groups is 2. The van der Waals surface area contributed by atoms with Crippen molar-refractivity contribution in [3.8, 4) is 0 Å². The van der Waals surface area contributed by atoms with Crippen molar-refractivity contribution in [2.45, 2.75) is 60.8 Å². The molecule has 6 heteroatoms. The van der Waals surface area contributed by atoms with Crippen molar-refractivity contribution in [3.63, 3.8) is 0 Å². The largest absolute Gasteiger partial charge is 0.273 e. The number of hydrogen-bond acceptors (Lipinski definition) is 4. The van der Waals surface area contributed by atoms with Gasteiger partial charge in [0.2, 0.25) is 0 Å². The maximum atomic E-state index is 11.2. The summed E-state index contributed by atoms with van der Waals surface area (Å²) in [6.45, 7) is 16.4. The molecule has 0 bridgehead atoms. The standard InChI is InChI=1S/C10H19NO2.C8H15NO2/c1-4-6-8-13-11-10(12)9(3)7-5-2;1-5-9(11-6-2)8(10)7(3)4/h7H,4-6,8H2,1-3H3,(H,11,12);3,5-6H2,1-2,4H3. The Morgan fingerprint density at radius 2 is 1.79 bits per heavy atom. The van der Waals surface area contributed by atoms with Gasteiger partial charge in [0.15, 0.2) is 0 Å². The second kappa shape index (κ2) is 16.2. The Bertz CT molecular complexity index is 406. The first-order chi connectivity index (χ1) is 11.3. The van der Waals surface area contributed by atoms with Crippen molar-refractivity contribution in [1.82, 2.24) is 10.5 Å². The Balaban J connectivity index is 0. The molecule has 1 N–H and O–H groups in total. The Hall–Kier alpha value is -1.66. The molecule has 0 unspecified atom stereocenters. The van der Waals surface area contributed by atoms with Gasteiger partial charge in [-0.15, -0.1) is 0 Å². The molecule has 0 fully saturated rings. The van der Waals surface area contributed by atoms with Crippen LogP contribution in [-0.4, -0.2) is 36.6 Å². The van der Waals surface area contributed by atoms with Gasteiger partial charge in [0.1, 0.15) is 0 Å². The third-order valence-corrected chi connectivity index (χ3v) is 2.80. The number of amides is 2. The Labute approximate surface area is 146 Å². The number of rotatable bonds is 10. The smallest absolute Gasteiger partial charge is 0.272 e. The molecule has 0 spiro atoms. The molecule has 0 aliphatic carbocycles. The first-order valence-electron chi connectivity index (χ1n) is 8.54. The summed E-state index contributed by atoms with van der Waals surface area (Å²) < 4.78 is 0. The zero-order chi connectivity index (χ0) is 19.0. The fraction of sp³-hybridized carbons (Fsp3) is 0.667. The summed E-state index contributed by atoms with van der Waals surface area (Å²) in [5, 5.41) is 1.31. The highest BCUT2D eigenvalue weighted by atomic mass is 16.7. The van der Waals surface area contributed by atoms with Crippen LogP contribution in [0.3, 0.4) is 0 Å². The van der Waals surface area contributed by atoms with E-state index >= 15 is 0 Å². The van der Waals surface area contributed by atoms with Gasteiger partial charge < -0.3 is 0 Å². The van der Waals surface area contributed by atoms with Gasteiger partial charge in [-0.1, -0.05) is 32.9 Å². The van der Waals surface area contributed by atoms with E-state index in [9.17, 15) is 9.59 Å². The quantitative estimate of drug-likeness (QED) is 0.374. The minimum Gasteiger partial charge on any atom is -0.273 e. The summed E-state index contributed by atoms with van der Waals surface area (Å²) in [6.07, 6.45) is 4.78. The molecule has 0 aromatic carbocycles. The highest BCUT2D eigenvalue weighted by Gasteiger charge is 2.11. The van der Waals surface area contributed by atoms with Gasteiger partial charge in [-0.2, -0.15) is 0 Å². The van der Waals surface area contributed by atoms with Crippen LogP contribution in [0.2, 0.25) is 0 Å². The van der Waals surface area contributed by atoms with Crippen molar-refractivity contribution < 1.29 is 19.3 Å². The van der Waals surface area contributed by atoms with Gasteiger partial charge in [-0.05, 0) is 40.5 Å². The number of nitrogens with zero attached hydrogens (tertiary/aromatic N) is 1. The molecular weight excluding hydrogens is 308 g/mol. The predicted octanol–water partition coefficient (Wildman–Crippen LogP) is 3.55. The molecule has 0 aliphatic rings. The van der Waals surface area contributed by atoms with Crippen molar-refractivity contribution in [1.29, 1.82) is 0 Å². The lowest BCUT2D eigenvalue weighted by molar-refractivity contribution is -0.178. The maximum Gasteiger partial charge on any atom is 0.272 e. The van der Waals surface area contributed by atoms with Gasteiger partial charge in [0, 0.05) is 17.7 Å². The molecule has 0 heterocycles. The van der Waals surface area contributed by atoms with E-state index in [0.29, 0.717) is 30.9 Å². The SMILES string of the molecule is C=C(C)C(=O)N(CC)OCC.CCC=C(C)C(=O)NOCCCC. The van der Waals surface area contributed by atoms with Gasteiger partial charge in [-0.3, -0.25) is 19.3 Å². The van der Waals surface area contributed by atoms with Crippen LogP contribution in [0.4, 0.5) is 0 Å². The van der Waals surface area contributed by atoms with Crippen LogP contribution in [-0.2, 0) is 19.3 Å². The highest BCUT2D eigenvalue weighted by Crippen LogP contribution is 1.98. The zero-order valence-corrected chi connectivity index (χ0v) is 16.1. The molecule has 0 aromatic heterocycles. The number of hydrogen-bond donors (Lipinski definition) is 1. The average Bonchev–Trinajstić information content (AvgIpc) is 2.56. The van der Waals surface area contributed by atoms with E-state index in [1.165, 1.54) is 5.06 Å². The molecular formula is C18H34N2O4. The molecule has 0 saturated heterocycles. The predicted molar refractivity (Wildman–Crippen MR) is 96.9 cm³/mol. The number of hydroxylamine groups is 3. The van der Waals surface area contributed by atoms with Crippen LogP contribution in [0.1, 0.15) is 60.8 Å². The number of nitrogens with one attached hydrogen (secondary N) is 1. The fourth-order valence-corrected chi connectivity index (χ4v) is 1.47. The summed E-state index contributed by atoms with van der Waals surface area (Å²) in [6, 6.07) is 0. The molecule has 140 valence electrons. The minimum atomic E-state index is -0.144. The highest BCUT2D eigenvalue weighted by molar-refractivity contribution is 5.92. The number of carbonyl (C=O) groups excluding carboxylic acids is 2. The molecule has 0 aliphatic heterocycles. The zero-order valence-electron chi connectivity index (χ0n) is 16.1. The first-order valence-corrected chi connectivity index (χ1v) is 8.54. The second-order valence-electron chi connectivity index (χ2n) is 5.13. The number of unbranched alkanes of at least 4 members (excludes halogenated alkanes) is 1. The van der Waals surface area contributed by atoms with Crippen molar-refractivity contribution >= 4 is 11.8 Å². The fourth-order valence-electron chi connectivity index (χ4n) is 1.47. The van der Waals surface area contributed by atoms with Crippen molar-refractivity contribution in [2.75, 3.05) is 19.8 Å². The van der Waals surface area contributed by atoms with E-state index in [1.54, 1.807) is 13.8 Å². The van der Waals surface area contributed by atoms with Gasteiger partial charge >= 0.3 is 0 Å². The third kappa shape index (κ3) is 12.8. The number of likely N-dealkylation sites (N-methyl/N-ethyl adjacent to an activating group) is 1. The maximum absolute atomic E-state index is 11.2. The molecule has 24 heavy (non-hydrogen) atoms. The van der Waals surface area contributed by atoms with E-state index in [2.05, 4.69) is 19.0 Å². The molecule has 6 nitrogen and oxygen atoms in total. The first kappa shape index (κ1) is 24.6. The van der Waals surface area contributed by atoms with Gasteiger partial charge in [0.05, 0.1) is 13.2 Å². The lowest BCUT2D eigenvalue weighted by atomic mass is 10.2. The van der Waals surface area contributed by atoms with Crippen molar-refractivity contribution in [3.05, 3.63) is 23.8 Å². The lowest BCUT2D eigenvalue weighted by Crippen LogP contribution is -2.31. The Morgan fingerprint density at radius 1 is 1.17 bits per heavy atom. The molecule has 0 aromatic rings. The van der Waals surface area contributed by atoms with Crippen LogP contribution in [0.15, 0.2) is 23.8 Å². The normalized spacial score (nSPS) is 10.5. The Kier molecular flexibility index (Phi) is 16.6. The van der Waals surface area contributed by atoms with Crippen LogP contribution in [0, 0.1) is 0 Å². The minimum absolute atomic E-state index is 0.141. The summed E-state index contributed by atoms with van der Waals surface area (Å²) >= 11 is 0. The van der Waals surface area contributed by atoms with E-state index in [-0.39, 0.29) is 11.8 Å². The lowest BCUT2D eigenvalue weighted by Gasteiger charge is -2.18. The summed E-state index contributed by atoms with van der Waals surface area (Å²) in [7, 11) is 0. The van der Waals surface area contributed by atoms with E-state index in [4.69, 9.17) is 9.68 Å².